The van der Waals surface area contributed by atoms with Crippen LogP contribution in [0.3, 0.4) is 0 Å². The van der Waals surface area contributed by atoms with E-state index in [2.05, 4.69) is 0 Å². The average molecular weight is 331 g/mol. The van der Waals surface area contributed by atoms with Crippen molar-refractivity contribution in [1.82, 2.24) is 0 Å². The zero-order chi connectivity index (χ0) is 14.7. The van der Waals surface area contributed by atoms with Gasteiger partial charge in [-0.25, -0.2) is 4.79 Å². The molecule has 0 amide bonds. The second-order valence-electron chi connectivity index (χ2n) is 4.06. The lowest BCUT2D eigenvalue weighted by Crippen LogP contribution is -2.08. The second kappa shape index (κ2) is 6.35. The predicted octanol–water partition coefficient (Wildman–Crippen LogP) is 4.59. The maximum absolute atomic E-state index is 11.9. The average Bonchev–Trinajstić information content (AvgIpc) is 2.40. The summed E-state index contributed by atoms with van der Waals surface area (Å²) in [5.74, 6) is -0.523. The first-order valence-electron chi connectivity index (χ1n) is 5.63. The third-order valence-electron chi connectivity index (χ3n) is 2.59. The molecule has 0 unspecified atom stereocenters. The lowest BCUT2D eigenvalue weighted by atomic mass is 10.2. The molecule has 0 atom stereocenters. The standard InChI is InChI=1S/C14H10Cl3NO2/c15-9-2-3-10(13(18)6-9)14(19)20-7-8-1-4-11(16)12(17)5-8/h1-6H,7,18H2. The van der Waals surface area contributed by atoms with Crippen LogP contribution in [0.15, 0.2) is 36.4 Å². The number of carbonyl (C=O) groups excluding carboxylic acids is 1. The molecular formula is C14H10Cl3NO2. The van der Waals surface area contributed by atoms with Gasteiger partial charge in [-0.1, -0.05) is 40.9 Å². The van der Waals surface area contributed by atoms with E-state index in [4.69, 9.17) is 45.3 Å². The molecule has 0 heterocycles. The highest BCUT2D eigenvalue weighted by molar-refractivity contribution is 6.42. The van der Waals surface area contributed by atoms with Gasteiger partial charge in [0.05, 0.1) is 15.6 Å². The zero-order valence-electron chi connectivity index (χ0n) is 10.2. The number of nitrogen functional groups attached to an aromatic ring is 1. The number of rotatable bonds is 3. The highest BCUT2D eigenvalue weighted by Crippen LogP contribution is 2.23. The molecule has 0 aromatic heterocycles. The summed E-state index contributed by atoms with van der Waals surface area (Å²) in [5.41, 5.74) is 7.00. The SMILES string of the molecule is Nc1cc(Cl)ccc1C(=O)OCc1ccc(Cl)c(Cl)c1. The van der Waals surface area contributed by atoms with Gasteiger partial charge in [-0.3, -0.25) is 0 Å². The number of anilines is 1. The Morgan fingerprint density at radius 2 is 1.80 bits per heavy atom. The van der Waals surface area contributed by atoms with Crippen LogP contribution in [-0.2, 0) is 11.3 Å². The monoisotopic (exact) mass is 329 g/mol. The van der Waals surface area contributed by atoms with Crippen LogP contribution in [0, 0.1) is 0 Å². The summed E-state index contributed by atoms with van der Waals surface area (Å²) in [4.78, 5) is 11.9. The molecule has 2 aromatic carbocycles. The van der Waals surface area contributed by atoms with Crippen molar-refractivity contribution in [2.45, 2.75) is 6.61 Å². The van der Waals surface area contributed by atoms with Gasteiger partial charge in [0.1, 0.15) is 6.61 Å². The van der Waals surface area contributed by atoms with Crippen molar-refractivity contribution in [1.29, 1.82) is 0 Å². The molecule has 2 rings (SSSR count). The largest absolute Gasteiger partial charge is 0.457 e. The Labute approximate surface area is 131 Å². The molecule has 0 aliphatic heterocycles. The summed E-state index contributed by atoms with van der Waals surface area (Å²) in [7, 11) is 0. The Kier molecular flexibility index (Phi) is 4.76. The number of nitrogens with two attached hydrogens (primary N) is 1. The van der Waals surface area contributed by atoms with Gasteiger partial charge >= 0.3 is 5.97 Å². The number of halogens is 3. The van der Waals surface area contributed by atoms with Gasteiger partial charge < -0.3 is 10.5 Å². The van der Waals surface area contributed by atoms with Gasteiger partial charge in [0.2, 0.25) is 0 Å². The maximum atomic E-state index is 11.9. The highest BCUT2D eigenvalue weighted by Gasteiger charge is 2.12. The Bertz CT molecular complexity index is 659. The first-order valence-corrected chi connectivity index (χ1v) is 6.77. The van der Waals surface area contributed by atoms with Crippen molar-refractivity contribution in [3.8, 4) is 0 Å². The van der Waals surface area contributed by atoms with Gasteiger partial charge in [0, 0.05) is 10.7 Å². The van der Waals surface area contributed by atoms with Crippen molar-refractivity contribution in [2.75, 3.05) is 5.73 Å². The predicted molar refractivity (Wildman–Crippen MR) is 81.4 cm³/mol. The molecule has 0 aliphatic rings. The van der Waals surface area contributed by atoms with Crippen LogP contribution >= 0.6 is 34.8 Å². The molecule has 2 N–H and O–H groups in total. The van der Waals surface area contributed by atoms with Crippen LogP contribution in [-0.4, -0.2) is 5.97 Å². The Morgan fingerprint density at radius 1 is 1.05 bits per heavy atom. The third-order valence-corrected chi connectivity index (χ3v) is 3.56. The minimum absolute atomic E-state index is 0.0811. The van der Waals surface area contributed by atoms with E-state index >= 15 is 0 Å². The topological polar surface area (TPSA) is 52.3 Å². The fourth-order valence-electron chi connectivity index (χ4n) is 1.58. The molecule has 20 heavy (non-hydrogen) atoms. The van der Waals surface area contributed by atoms with Crippen LogP contribution in [0.1, 0.15) is 15.9 Å². The van der Waals surface area contributed by atoms with E-state index in [1.54, 1.807) is 24.3 Å². The first kappa shape index (κ1) is 15.0. The lowest BCUT2D eigenvalue weighted by molar-refractivity contribution is 0.0474. The molecule has 0 saturated carbocycles. The Morgan fingerprint density at radius 3 is 2.45 bits per heavy atom. The Balaban J connectivity index is 2.06. The van der Waals surface area contributed by atoms with Crippen LogP contribution in [0.25, 0.3) is 0 Å². The van der Waals surface area contributed by atoms with Crippen LogP contribution < -0.4 is 5.73 Å². The molecule has 0 aliphatic carbocycles. The van der Waals surface area contributed by atoms with E-state index in [0.29, 0.717) is 15.1 Å². The van der Waals surface area contributed by atoms with Crippen LogP contribution in [0.5, 0.6) is 0 Å². The minimum Gasteiger partial charge on any atom is -0.457 e. The quantitative estimate of drug-likeness (QED) is 0.661. The summed E-state index contributed by atoms with van der Waals surface area (Å²) < 4.78 is 5.17. The third kappa shape index (κ3) is 3.57. The van der Waals surface area contributed by atoms with Crippen molar-refractivity contribution in [3.05, 3.63) is 62.6 Å². The smallest absolute Gasteiger partial charge is 0.340 e. The van der Waals surface area contributed by atoms with Crippen LogP contribution in [0.2, 0.25) is 15.1 Å². The molecule has 104 valence electrons. The number of ether oxygens (including phenoxy) is 1. The summed E-state index contributed by atoms with van der Waals surface area (Å²) in [5, 5.41) is 1.32. The molecule has 0 spiro atoms. The van der Waals surface area contributed by atoms with E-state index in [1.165, 1.54) is 12.1 Å². The van der Waals surface area contributed by atoms with Crippen molar-refractivity contribution >= 4 is 46.5 Å². The normalized spacial score (nSPS) is 10.3. The van der Waals surface area contributed by atoms with Gasteiger partial charge in [-0.15, -0.1) is 0 Å². The van der Waals surface area contributed by atoms with Gasteiger partial charge in [-0.05, 0) is 35.9 Å². The van der Waals surface area contributed by atoms with Crippen LogP contribution in [0.4, 0.5) is 5.69 Å². The summed E-state index contributed by atoms with van der Waals surface area (Å²) in [6.45, 7) is 0.0811. The van der Waals surface area contributed by atoms with E-state index in [9.17, 15) is 4.79 Å². The minimum atomic E-state index is -0.523. The number of benzene rings is 2. The molecule has 3 nitrogen and oxygen atoms in total. The van der Waals surface area contributed by atoms with E-state index < -0.39 is 5.97 Å². The van der Waals surface area contributed by atoms with E-state index in [0.717, 1.165) is 5.56 Å². The fraction of sp³-hybridized carbons (Fsp3) is 0.0714. The zero-order valence-corrected chi connectivity index (χ0v) is 12.5. The molecule has 0 fully saturated rings. The molecule has 2 aromatic rings. The van der Waals surface area contributed by atoms with Gasteiger partial charge in [0.25, 0.3) is 0 Å². The molecule has 0 bridgehead atoms. The van der Waals surface area contributed by atoms with Gasteiger partial charge in [0.15, 0.2) is 0 Å². The number of esters is 1. The molecule has 6 heteroatoms. The van der Waals surface area contributed by atoms with Gasteiger partial charge in [-0.2, -0.15) is 0 Å². The molecule has 0 saturated heterocycles. The second-order valence-corrected chi connectivity index (χ2v) is 5.31. The summed E-state index contributed by atoms with van der Waals surface area (Å²) in [6.07, 6.45) is 0. The van der Waals surface area contributed by atoms with E-state index in [-0.39, 0.29) is 17.9 Å². The number of carbonyl (C=O) groups is 1. The van der Waals surface area contributed by atoms with Crippen molar-refractivity contribution < 1.29 is 9.53 Å². The Hall–Kier alpha value is -1.42. The lowest BCUT2D eigenvalue weighted by Gasteiger charge is -2.08. The van der Waals surface area contributed by atoms with Crippen molar-refractivity contribution in [3.63, 3.8) is 0 Å². The maximum Gasteiger partial charge on any atom is 0.340 e. The van der Waals surface area contributed by atoms with Crippen molar-refractivity contribution in [2.24, 2.45) is 0 Å². The summed E-state index contributed by atoms with van der Waals surface area (Å²) in [6, 6.07) is 9.61. The first-order chi connectivity index (χ1) is 9.47. The fourth-order valence-corrected chi connectivity index (χ4v) is 2.08. The summed E-state index contributed by atoms with van der Waals surface area (Å²) >= 11 is 17.5. The number of hydrogen-bond acceptors (Lipinski definition) is 3. The molecular weight excluding hydrogens is 321 g/mol. The number of hydrogen-bond donors (Lipinski definition) is 1. The van der Waals surface area contributed by atoms with E-state index in [1.807, 2.05) is 0 Å². The highest BCUT2D eigenvalue weighted by atomic mass is 35.5. The molecule has 0 radical (unpaired) electrons.